The van der Waals surface area contributed by atoms with E-state index in [1.165, 1.54) is 4.57 Å². The minimum absolute atomic E-state index is 0.0608. The number of rotatable bonds is 10. The Morgan fingerprint density at radius 1 is 0.841 bits per heavy atom. The van der Waals surface area contributed by atoms with Crippen LogP contribution in [0.1, 0.15) is 49.6 Å². The number of aromatic amines is 1. The summed E-state index contributed by atoms with van der Waals surface area (Å²) >= 11 is 0. The summed E-state index contributed by atoms with van der Waals surface area (Å²) < 4.78 is 5.19. The van der Waals surface area contributed by atoms with Crippen molar-refractivity contribution in [3.63, 3.8) is 0 Å². The van der Waals surface area contributed by atoms with E-state index in [1.54, 1.807) is 4.57 Å². The van der Waals surface area contributed by atoms with Crippen LogP contribution in [0.2, 0.25) is 0 Å². The zero-order valence-electron chi connectivity index (χ0n) is 24.8. The first kappa shape index (κ1) is 27.7. The van der Waals surface area contributed by atoms with E-state index in [4.69, 9.17) is 4.98 Å². The Kier molecular flexibility index (Phi) is 7.25. The van der Waals surface area contributed by atoms with Crippen molar-refractivity contribution in [2.24, 2.45) is 5.92 Å². The molecule has 3 heterocycles. The Morgan fingerprint density at radius 2 is 1.57 bits per heavy atom. The molecule has 3 aromatic heterocycles. The smallest absolute Gasteiger partial charge is 0.317 e. The number of hydrogen-bond donors (Lipinski definition) is 1. The number of aromatic nitrogens is 8. The van der Waals surface area contributed by atoms with Crippen molar-refractivity contribution in [3.05, 3.63) is 117 Å². The zero-order chi connectivity index (χ0) is 30.2. The lowest BCUT2D eigenvalue weighted by Gasteiger charge is -2.14. The SMILES string of the molecule is CC(C)c1nc2c(c(=O)n(CCc3ccccc3)c(=O)n2CC2CC2)n1Cc1ccc(-c2ccccc2-c2nnn[nH]2)cc1. The fourth-order valence-electron chi connectivity index (χ4n) is 5.90. The molecule has 0 spiro atoms. The van der Waals surface area contributed by atoms with E-state index in [-0.39, 0.29) is 17.2 Å². The molecule has 0 saturated heterocycles. The molecule has 1 aliphatic carbocycles. The molecule has 0 unspecified atom stereocenters. The largest absolute Gasteiger partial charge is 0.332 e. The third-order valence-corrected chi connectivity index (χ3v) is 8.40. The fourth-order valence-corrected chi connectivity index (χ4v) is 5.90. The number of H-pyrrole nitrogens is 1. The average Bonchev–Trinajstić information content (AvgIpc) is 3.53. The molecule has 0 bridgehead atoms. The van der Waals surface area contributed by atoms with Gasteiger partial charge in [-0.3, -0.25) is 13.9 Å². The molecule has 1 aliphatic rings. The summed E-state index contributed by atoms with van der Waals surface area (Å²) in [6.45, 7) is 5.53. The summed E-state index contributed by atoms with van der Waals surface area (Å²) in [5, 5.41) is 14.4. The van der Waals surface area contributed by atoms with Crippen LogP contribution in [-0.2, 0) is 26.1 Å². The van der Waals surface area contributed by atoms with Crippen molar-refractivity contribution in [2.45, 2.75) is 58.7 Å². The van der Waals surface area contributed by atoms with Gasteiger partial charge in [-0.2, -0.15) is 0 Å². The number of nitrogens with zero attached hydrogens (tertiary/aromatic N) is 7. The van der Waals surface area contributed by atoms with Crippen molar-refractivity contribution in [2.75, 3.05) is 0 Å². The van der Waals surface area contributed by atoms with Gasteiger partial charge in [0, 0.05) is 31.1 Å². The summed E-state index contributed by atoms with van der Waals surface area (Å²) in [6, 6.07) is 26.3. The molecule has 6 aromatic rings. The number of imidazole rings is 1. The first-order valence-electron chi connectivity index (χ1n) is 15.2. The van der Waals surface area contributed by atoms with Crippen LogP contribution in [0.3, 0.4) is 0 Å². The van der Waals surface area contributed by atoms with Gasteiger partial charge in [0.05, 0.1) is 0 Å². The molecule has 0 atom stereocenters. The van der Waals surface area contributed by atoms with Crippen LogP contribution in [0.4, 0.5) is 0 Å². The molecule has 3 aromatic carbocycles. The number of nitrogens with one attached hydrogen (secondary N) is 1. The lowest BCUT2D eigenvalue weighted by atomic mass is 9.98. The first-order valence-corrected chi connectivity index (χ1v) is 15.2. The maximum atomic E-state index is 14.1. The van der Waals surface area contributed by atoms with Gasteiger partial charge in [-0.05, 0) is 57.9 Å². The molecule has 0 radical (unpaired) electrons. The van der Waals surface area contributed by atoms with Gasteiger partial charge in [-0.15, -0.1) is 5.10 Å². The predicted octanol–water partition coefficient (Wildman–Crippen LogP) is 5.03. The van der Waals surface area contributed by atoms with Crippen molar-refractivity contribution >= 4 is 11.2 Å². The second kappa shape index (κ2) is 11.5. The Balaban J connectivity index is 1.29. The van der Waals surface area contributed by atoms with Crippen LogP contribution in [0.25, 0.3) is 33.7 Å². The maximum Gasteiger partial charge on any atom is 0.332 e. The van der Waals surface area contributed by atoms with Crippen LogP contribution >= 0.6 is 0 Å². The quantitative estimate of drug-likeness (QED) is 0.241. The Hall–Kier alpha value is -5.12. The van der Waals surface area contributed by atoms with E-state index >= 15 is 0 Å². The molecule has 10 nitrogen and oxygen atoms in total. The van der Waals surface area contributed by atoms with Crippen molar-refractivity contribution in [3.8, 4) is 22.5 Å². The van der Waals surface area contributed by atoms with Crippen molar-refractivity contribution < 1.29 is 0 Å². The van der Waals surface area contributed by atoms with E-state index in [0.717, 1.165) is 46.5 Å². The number of aryl methyl sites for hydroxylation is 1. The fraction of sp³-hybridized carbons (Fsp3) is 0.294. The highest BCUT2D eigenvalue weighted by molar-refractivity contribution is 5.80. The second-order valence-corrected chi connectivity index (χ2v) is 11.9. The highest BCUT2D eigenvalue weighted by Crippen LogP contribution is 2.32. The molecule has 7 rings (SSSR count). The summed E-state index contributed by atoms with van der Waals surface area (Å²) in [6.07, 6.45) is 2.79. The number of tetrazole rings is 1. The Bertz CT molecular complexity index is 2030. The van der Waals surface area contributed by atoms with Crippen LogP contribution < -0.4 is 11.2 Å². The number of benzene rings is 3. The molecule has 1 saturated carbocycles. The molecule has 0 amide bonds. The molecular formula is C34H34N8O2. The lowest BCUT2D eigenvalue weighted by molar-refractivity contribution is 0.541. The van der Waals surface area contributed by atoms with Gasteiger partial charge in [0.1, 0.15) is 5.82 Å². The zero-order valence-corrected chi connectivity index (χ0v) is 24.8. The highest BCUT2D eigenvalue weighted by atomic mass is 16.2. The molecule has 10 heteroatoms. The number of hydrogen-bond acceptors (Lipinski definition) is 6. The molecule has 1 N–H and O–H groups in total. The molecular weight excluding hydrogens is 552 g/mol. The molecule has 44 heavy (non-hydrogen) atoms. The predicted molar refractivity (Wildman–Crippen MR) is 169 cm³/mol. The monoisotopic (exact) mass is 586 g/mol. The highest BCUT2D eigenvalue weighted by Gasteiger charge is 2.28. The minimum Gasteiger partial charge on any atom is -0.317 e. The third-order valence-electron chi connectivity index (χ3n) is 8.40. The van der Waals surface area contributed by atoms with Gasteiger partial charge in [0.15, 0.2) is 17.0 Å². The van der Waals surface area contributed by atoms with E-state index < -0.39 is 0 Å². The normalized spacial score (nSPS) is 13.2. The average molecular weight is 587 g/mol. The summed E-state index contributed by atoms with van der Waals surface area (Å²) in [5.74, 6) is 1.92. The standard InChI is InChI=1S/C34H34N8O2/c1-22(2)31-35-32-29(33(43)40(19-18-23-8-4-3-5-9-23)34(44)42(32)21-24-12-13-24)41(31)20-25-14-16-26(17-15-25)27-10-6-7-11-28(27)30-36-38-39-37-30/h3-11,14-17,22,24H,12-13,18-21H2,1-2H3,(H,36,37,38,39). The summed E-state index contributed by atoms with van der Waals surface area (Å²) in [4.78, 5) is 32.9. The van der Waals surface area contributed by atoms with Gasteiger partial charge in [0.2, 0.25) is 0 Å². The van der Waals surface area contributed by atoms with E-state index in [9.17, 15) is 9.59 Å². The lowest BCUT2D eigenvalue weighted by Crippen LogP contribution is -2.41. The summed E-state index contributed by atoms with van der Waals surface area (Å²) in [5.41, 5.74) is 5.52. The van der Waals surface area contributed by atoms with E-state index in [1.807, 2.05) is 59.2 Å². The number of fused-ring (bicyclic) bond motifs is 1. The topological polar surface area (TPSA) is 116 Å². The van der Waals surface area contributed by atoms with Crippen LogP contribution in [-0.4, -0.2) is 39.3 Å². The van der Waals surface area contributed by atoms with Gasteiger partial charge < -0.3 is 4.57 Å². The molecule has 0 aliphatic heterocycles. The second-order valence-electron chi connectivity index (χ2n) is 11.9. The van der Waals surface area contributed by atoms with E-state index in [2.05, 4.69) is 58.7 Å². The van der Waals surface area contributed by atoms with Gasteiger partial charge in [-0.1, -0.05) is 92.7 Å². The van der Waals surface area contributed by atoms with Gasteiger partial charge in [-0.25, -0.2) is 14.9 Å². The van der Waals surface area contributed by atoms with Crippen LogP contribution in [0.5, 0.6) is 0 Å². The Morgan fingerprint density at radius 3 is 2.25 bits per heavy atom. The van der Waals surface area contributed by atoms with Crippen molar-refractivity contribution in [1.29, 1.82) is 0 Å². The molecule has 222 valence electrons. The third kappa shape index (κ3) is 5.27. The Labute approximate surface area is 254 Å². The maximum absolute atomic E-state index is 14.1. The van der Waals surface area contributed by atoms with Gasteiger partial charge in [0.25, 0.3) is 5.56 Å². The first-order chi connectivity index (χ1) is 21.5. The summed E-state index contributed by atoms with van der Waals surface area (Å²) in [7, 11) is 0. The van der Waals surface area contributed by atoms with Gasteiger partial charge >= 0.3 is 5.69 Å². The minimum atomic E-state index is -0.279. The van der Waals surface area contributed by atoms with Crippen LogP contribution in [0, 0.1) is 5.92 Å². The molecule has 1 fully saturated rings. The van der Waals surface area contributed by atoms with Crippen LogP contribution in [0.15, 0.2) is 88.5 Å². The van der Waals surface area contributed by atoms with E-state index in [0.29, 0.717) is 49.0 Å². The van der Waals surface area contributed by atoms with Crippen molar-refractivity contribution in [1.82, 2.24) is 39.3 Å².